The number of fused-ring (bicyclic) bond motifs is 1. The van der Waals surface area contributed by atoms with Crippen molar-refractivity contribution in [3.8, 4) is 0 Å². The first kappa shape index (κ1) is 15.1. The van der Waals surface area contributed by atoms with Crippen LogP contribution in [0.3, 0.4) is 0 Å². The van der Waals surface area contributed by atoms with Crippen molar-refractivity contribution in [1.29, 1.82) is 0 Å². The third-order valence-electron chi connectivity index (χ3n) is 4.94. The summed E-state index contributed by atoms with van der Waals surface area (Å²) in [6.45, 7) is 12.1. The van der Waals surface area contributed by atoms with Gasteiger partial charge < -0.3 is 9.73 Å². The molecule has 4 nitrogen and oxygen atoms in total. The molecule has 0 aromatic carbocycles. The van der Waals surface area contributed by atoms with Crippen LogP contribution in [0.1, 0.15) is 43.3 Å². The Hall–Kier alpha value is -0.840. The minimum absolute atomic E-state index is 0.793. The van der Waals surface area contributed by atoms with Gasteiger partial charge in [-0.2, -0.15) is 0 Å². The number of hydrogen-bond acceptors (Lipinski definition) is 4. The summed E-state index contributed by atoms with van der Waals surface area (Å²) < 4.78 is 5.87. The Kier molecular flexibility index (Phi) is 4.99. The average Bonchev–Trinajstić information content (AvgIpc) is 2.85. The fraction of sp³-hybridized carbons (Fsp3) is 0.765. The van der Waals surface area contributed by atoms with E-state index in [2.05, 4.69) is 35.0 Å². The maximum absolute atomic E-state index is 5.87. The predicted molar refractivity (Wildman–Crippen MR) is 85.3 cm³/mol. The lowest BCUT2D eigenvalue weighted by Gasteiger charge is -2.44. The lowest BCUT2D eigenvalue weighted by atomic mass is 9.99. The second kappa shape index (κ2) is 6.95. The molecule has 2 aliphatic rings. The quantitative estimate of drug-likeness (QED) is 0.902. The second-order valence-electron chi connectivity index (χ2n) is 6.50. The van der Waals surface area contributed by atoms with Crippen molar-refractivity contribution in [2.75, 3.05) is 32.7 Å². The van der Waals surface area contributed by atoms with Crippen LogP contribution in [0.2, 0.25) is 0 Å². The molecule has 0 amide bonds. The topological polar surface area (TPSA) is 31.6 Å². The summed E-state index contributed by atoms with van der Waals surface area (Å²) in [6.07, 6.45) is 4.18. The SMILES string of the molecule is CCNCc1cc(CN2CCN3CCCCC3C2)c(C)o1. The average molecular weight is 291 g/mol. The highest BCUT2D eigenvalue weighted by Gasteiger charge is 2.29. The molecule has 1 unspecified atom stereocenters. The predicted octanol–water partition coefficient (Wildman–Crippen LogP) is 2.37. The Bertz CT molecular complexity index is 457. The lowest BCUT2D eigenvalue weighted by molar-refractivity contribution is 0.0455. The molecule has 4 heteroatoms. The number of furan rings is 1. The Labute approximate surface area is 128 Å². The fourth-order valence-corrected chi connectivity index (χ4v) is 3.68. The van der Waals surface area contributed by atoms with Crippen LogP contribution in [0.25, 0.3) is 0 Å². The second-order valence-corrected chi connectivity index (χ2v) is 6.50. The third-order valence-corrected chi connectivity index (χ3v) is 4.94. The summed E-state index contributed by atoms with van der Waals surface area (Å²) in [5, 5.41) is 3.33. The molecule has 0 spiro atoms. The molecule has 2 aliphatic heterocycles. The molecule has 1 atom stereocenters. The zero-order valence-corrected chi connectivity index (χ0v) is 13.5. The molecule has 2 saturated heterocycles. The van der Waals surface area contributed by atoms with Crippen molar-refractivity contribution in [2.45, 2.75) is 52.2 Å². The minimum Gasteiger partial charge on any atom is -0.465 e. The summed E-state index contributed by atoms with van der Waals surface area (Å²) in [7, 11) is 0. The van der Waals surface area contributed by atoms with Gasteiger partial charge in [0.2, 0.25) is 0 Å². The van der Waals surface area contributed by atoms with Crippen molar-refractivity contribution in [3.63, 3.8) is 0 Å². The van der Waals surface area contributed by atoms with Crippen LogP contribution < -0.4 is 5.32 Å². The van der Waals surface area contributed by atoms with E-state index in [0.717, 1.165) is 37.2 Å². The van der Waals surface area contributed by atoms with Crippen LogP contribution >= 0.6 is 0 Å². The van der Waals surface area contributed by atoms with Gasteiger partial charge in [0.25, 0.3) is 0 Å². The van der Waals surface area contributed by atoms with E-state index < -0.39 is 0 Å². The van der Waals surface area contributed by atoms with Crippen LogP contribution in [-0.4, -0.2) is 48.6 Å². The summed E-state index contributed by atoms with van der Waals surface area (Å²) in [5.74, 6) is 2.16. The van der Waals surface area contributed by atoms with Gasteiger partial charge in [0.15, 0.2) is 0 Å². The van der Waals surface area contributed by atoms with E-state index in [-0.39, 0.29) is 0 Å². The first-order valence-corrected chi connectivity index (χ1v) is 8.51. The summed E-state index contributed by atoms with van der Waals surface area (Å²) in [6, 6.07) is 3.03. The fourth-order valence-electron chi connectivity index (χ4n) is 3.68. The number of nitrogens with one attached hydrogen (secondary N) is 1. The standard InChI is InChI=1S/C17H29N3O/c1-3-18-11-17-10-15(14(2)21-17)12-19-8-9-20-7-5-4-6-16(20)13-19/h10,16,18H,3-9,11-13H2,1-2H3. The number of piperidine rings is 1. The molecule has 0 bridgehead atoms. The number of piperazine rings is 1. The van der Waals surface area contributed by atoms with Crippen LogP contribution in [-0.2, 0) is 13.1 Å². The number of aryl methyl sites for hydroxylation is 1. The van der Waals surface area contributed by atoms with Crippen LogP contribution in [0, 0.1) is 6.92 Å². The smallest absolute Gasteiger partial charge is 0.118 e. The first-order chi connectivity index (χ1) is 10.3. The molecule has 0 aliphatic carbocycles. The van der Waals surface area contributed by atoms with Crippen LogP contribution in [0.4, 0.5) is 0 Å². The van der Waals surface area contributed by atoms with E-state index in [1.807, 2.05) is 0 Å². The van der Waals surface area contributed by atoms with E-state index >= 15 is 0 Å². The Morgan fingerprint density at radius 3 is 3.05 bits per heavy atom. The van der Waals surface area contributed by atoms with Gasteiger partial charge in [-0.25, -0.2) is 0 Å². The van der Waals surface area contributed by atoms with E-state index in [0.29, 0.717) is 0 Å². The van der Waals surface area contributed by atoms with Crippen molar-refractivity contribution in [2.24, 2.45) is 0 Å². The molecule has 1 aromatic heterocycles. The molecule has 2 fully saturated rings. The summed E-state index contributed by atoms with van der Waals surface area (Å²) >= 11 is 0. The normalized spacial score (nSPS) is 24.2. The molecule has 0 radical (unpaired) electrons. The maximum Gasteiger partial charge on any atom is 0.118 e. The van der Waals surface area contributed by atoms with Crippen molar-refractivity contribution in [1.82, 2.24) is 15.1 Å². The highest BCUT2D eigenvalue weighted by atomic mass is 16.3. The lowest BCUT2D eigenvalue weighted by Crippen LogP contribution is -2.54. The Morgan fingerprint density at radius 2 is 2.19 bits per heavy atom. The summed E-state index contributed by atoms with van der Waals surface area (Å²) in [4.78, 5) is 5.31. The molecular formula is C17H29N3O. The van der Waals surface area contributed by atoms with Gasteiger partial charge in [-0.3, -0.25) is 9.80 Å². The maximum atomic E-state index is 5.87. The minimum atomic E-state index is 0.793. The van der Waals surface area contributed by atoms with Gasteiger partial charge >= 0.3 is 0 Å². The van der Waals surface area contributed by atoms with Gasteiger partial charge in [-0.05, 0) is 38.9 Å². The van der Waals surface area contributed by atoms with Gasteiger partial charge in [0.05, 0.1) is 6.54 Å². The molecule has 118 valence electrons. The molecule has 21 heavy (non-hydrogen) atoms. The zero-order valence-electron chi connectivity index (χ0n) is 13.5. The number of hydrogen-bond donors (Lipinski definition) is 1. The zero-order chi connectivity index (χ0) is 14.7. The van der Waals surface area contributed by atoms with Crippen LogP contribution in [0.5, 0.6) is 0 Å². The Morgan fingerprint density at radius 1 is 1.29 bits per heavy atom. The number of rotatable bonds is 5. The van der Waals surface area contributed by atoms with Crippen molar-refractivity contribution in [3.05, 3.63) is 23.2 Å². The molecule has 3 rings (SSSR count). The van der Waals surface area contributed by atoms with E-state index in [1.165, 1.54) is 51.0 Å². The number of nitrogens with zero attached hydrogens (tertiary/aromatic N) is 2. The van der Waals surface area contributed by atoms with Crippen molar-refractivity contribution >= 4 is 0 Å². The van der Waals surface area contributed by atoms with Crippen LogP contribution in [0.15, 0.2) is 10.5 Å². The highest BCUT2D eigenvalue weighted by molar-refractivity contribution is 5.21. The monoisotopic (exact) mass is 291 g/mol. The largest absolute Gasteiger partial charge is 0.465 e. The van der Waals surface area contributed by atoms with Gasteiger partial charge in [-0.1, -0.05) is 13.3 Å². The van der Waals surface area contributed by atoms with E-state index in [9.17, 15) is 0 Å². The highest BCUT2D eigenvalue weighted by Crippen LogP contribution is 2.23. The van der Waals surface area contributed by atoms with Gasteiger partial charge in [0.1, 0.15) is 11.5 Å². The molecular weight excluding hydrogens is 262 g/mol. The molecule has 1 aromatic rings. The van der Waals surface area contributed by atoms with E-state index in [1.54, 1.807) is 0 Å². The first-order valence-electron chi connectivity index (χ1n) is 8.51. The molecule has 3 heterocycles. The van der Waals surface area contributed by atoms with Gasteiger partial charge in [0, 0.05) is 37.8 Å². The third kappa shape index (κ3) is 3.68. The molecule has 0 saturated carbocycles. The van der Waals surface area contributed by atoms with Crippen molar-refractivity contribution < 1.29 is 4.42 Å². The summed E-state index contributed by atoms with van der Waals surface area (Å²) in [5.41, 5.74) is 1.37. The molecule has 1 N–H and O–H groups in total. The Balaban J connectivity index is 1.57. The van der Waals surface area contributed by atoms with Gasteiger partial charge in [-0.15, -0.1) is 0 Å². The van der Waals surface area contributed by atoms with E-state index in [4.69, 9.17) is 4.42 Å².